The lowest BCUT2D eigenvalue weighted by Crippen LogP contribution is -2.10. The van der Waals surface area contributed by atoms with E-state index in [9.17, 15) is 4.79 Å². The summed E-state index contributed by atoms with van der Waals surface area (Å²) in [7, 11) is 1.77. The van der Waals surface area contributed by atoms with Gasteiger partial charge in [0.2, 0.25) is 0 Å². The van der Waals surface area contributed by atoms with Crippen molar-refractivity contribution in [3.63, 3.8) is 0 Å². The Morgan fingerprint density at radius 3 is 2.73 bits per heavy atom. The molecule has 0 unspecified atom stereocenters. The van der Waals surface area contributed by atoms with Crippen molar-refractivity contribution >= 4 is 5.97 Å². The Morgan fingerprint density at radius 2 is 2.05 bits per heavy atom. The Morgan fingerprint density at radius 1 is 1.27 bits per heavy atom. The smallest absolute Gasteiger partial charge is 0.342 e. The highest BCUT2D eigenvalue weighted by Gasteiger charge is 2.16. The number of ether oxygens (including phenoxy) is 1. The minimum absolute atomic E-state index is 0.0188. The van der Waals surface area contributed by atoms with Crippen LogP contribution in [0, 0.1) is 6.92 Å². The molecule has 0 N–H and O–H groups in total. The van der Waals surface area contributed by atoms with Gasteiger partial charge >= 0.3 is 5.97 Å². The maximum Gasteiger partial charge on any atom is 0.342 e. The average molecular weight is 298 g/mol. The summed E-state index contributed by atoms with van der Waals surface area (Å²) in [5.74, 6) is -0.00527. The highest BCUT2D eigenvalue weighted by molar-refractivity contribution is 5.90. The van der Waals surface area contributed by atoms with Crippen LogP contribution in [-0.4, -0.2) is 36.0 Å². The highest BCUT2D eigenvalue weighted by atomic mass is 16.5. The van der Waals surface area contributed by atoms with Gasteiger partial charge in [0.15, 0.2) is 12.4 Å². The molecular formula is C14H14N6O2. The molecule has 3 aromatic rings. The van der Waals surface area contributed by atoms with E-state index in [1.165, 1.54) is 10.9 Å². The number of hydrogen-bond donors (Lipinski definition) is 0. The number of para-hydroxylation sites is 1. The van der Waals surface area contributed by atoms with Crippen molar-refractivity contribution in [3.05, 3.63) is 53.6 Å². The molecule has 0 aliphatic heterocycles. The van der Waals surface area contributed by atoms with Crippen molar-refractivity contribution in [1.82, 2.24) is 30.0 Å². The molecule has 2 heterocycles. The Labute approximate surface area is 126 Å². The molecule has 0 saturated carbocycles. The number of benzene rings is 1. The molecule has 0 spiro atoms. The SMILES string of the molecule is Cc1c(C(=O)OCc2nnnn2-c2ccccc2)cnn1C. The normalized spacial score (nSPS) is 10.6. The number of esters is 1. The third-order valence-electron chi connectivity index (χ3n) is 3.32. The summed E-state index contributed by atoms with van der Waals surface area (Å²) >= 11 is 0. The van der Waals surface area contributed by atoms with Crippen LogP contribution in [0.2, 0.25) is 0 Å². The molecule has 0 radical (unpaired) electrons. The summed E-state index contributed by atoms with van der Waals surface area (Å²) in [5, 5.41) is 15.4. The van der Waals surface area contributed by atoms with Gasteiger partial charge in [0.1, 0.15) is 5.56 Å². The number of carbonyl (C=O) groups is 1. The fourth-order valence-electron chi connectivity index (χ4n) is 1.97. The summed E-state index contributed by atoms with van der Waals surface area (Å²) in [6, 6.07) is 9.40. The minimum atomic E-state index is -0.451. The van der Waals surface area contributed by atoms with Gasteiger partial charge in [-0.1, -0.05) is 18.2 Å². The number of aromatic nitrogens is 6. The zero-order valence-corrected chi connectivity index (χ0v) is 12.2. The fraction of sp³-hybridized carbons (Fsp3) is 0.214. The minimum Gasteiger partial charge on any atom is -0.454 e. The van der Waals surface area contributed by atoms with Gasteiger partial charge in [-0.2, -0.15) is 9.78 Å². The average Bonchev–Trinajstić information content (AvgIpc) is 3.14. The second kappa shape index (κ2) is 5.76. The van der Waals surface area contributed by atoms with Gasteiger partial charge in [0, 0.05) is 12.7 Å². The monoisotopic (exact) mass is 298 g/mol. The largest absolute Gasteiger partial charge is 0.454 e. The van der Waals surface area contributed by atoms with Crippen molar-refractivity contribution in [2.24, 2.45) is 7.05 Å². The first-order valence-electron chi connectivity index (χ1n) is 6.65. The summed E-state index contributed by atoms with van der Waals surface area (Å²) in [4.78, 5) is 12.1. The van der Waals surface area contributed by atoms with E-state index in [1.807, 2.05) is 30.3 Å². The molecule has 2 aromatic heterocycles. The maximum atomic E-state index is 12.1. The Hall–Kier alpha value is -3.03. The third kappa shape index (κ3) is 2.58. The molecular weight excluding hydrogens is 284 g/mol. The van der Waals surface area contributed by atoms with E-state index in [0.29, 0.717) is 11.4 Å². The molecule has 3 rings (SSSR count). The molecule has 1 aromatic carbocycles. The van der Waals surface area contributed by atoms with Crippen LogP contribution in [0.3, 0.4) is 0 Å². The van der Waals surface area contributed by atoms with Gasteiger partial charge in [0.25, 0.3) is 0 Å². The van der Waals surface area contributed by atoms with E-state index in [4.69, 9.17) is 4.74 Å². The van der Waals surface area contributed by atoms with Crippen LogP contribution in [0.25, 0.3) is 5.69 Å². The van der Waals surface area contributed by atoms with Crippen LogP contribution in [0.1, 0.15) is 21.9 Å². The molecule has 112 valence electrons. The van der Waals surface area contributed by atoms with Crippen molar-refractivity contribution in [2.45, 2.75) is 13.5 Å². The quantitative estimate of drug-likeness (QED) is 0.669. The maximum absolute atomic E-state index is 12.1. The lowest BCUT2D eigenvalue weighted by Gasteiger charge is -2.05. The van der Waals surface area contributed by atoms with Gasteiger partial charge in [-0.25, -0.2) is 4.79 Å². The third-order valence-corrected chi connectivity index (χ3v) is 3.32. The van der Waals surface area contributed by atoms with Crippen molar-refractivity contribution in [2.75, 3.05) is 0 Å². The van der Waals surface area contributed by atoms with E-state index < -0.39 is 5.97 Å². The first-order valence-corrected chi connectivity index (χ1v) is 6.65. The van der Waals surface area contributed by atoms with Crippen molar-refractivity contribution in [1.29, 1.82) is 0 Å². The van der Waals surface area contributed by atoms with Crippen LogP contribution >= 0.6 is 0 Å². The second-order valence-electron chi connectivity index (χ2n) is 4.69. The molecule has 0 atom stereocenters. The Bertz CT molecular complexity index is 793. The van der Waals surface area contributed by atoms with Crippen LogP contribution in [0.5, 0.6) is 0 Å². The van der Waals surface area contributed by atoms with Gasteiger partial charge in [-0.3, -0.25) is 4.68 Å². The van der Waals surface area contributed by atoms with Crippen LogP contribution < -0.4 is 0 Å². The summed E-state index contributed by atoms with van der Waals surface area (Å²) in [6.07, 6.45) is 1.48. The molecule has 0 aliphatic rings. The molecule has 0 bridgehead atoms. The Kier molecular flexibility index (Phi) is 3.65. The van der Waals surface area contributed by atoms with Gasteiger partial charge in [-0.05, 0) is 29.5 Å². The molecule has 22 heavy (non-hydrogen) atoms. The molecule has 8 nitrogen and oxygen atoms in total. The lowest BCUT2D eigenvalue weighted by molar-refractivity contribution is 0.0458. The van der Waals surface area contributed by atoms with Crippen LogP contribution in [0.15, 0.2) is 36.5 Å². The first kappa shape index (κ1) is 13.9. The fourth-order valence-corrected chi connectivity index (χ4v) is 1.97. The molecule has 0 saturated heterocycles. The van der Waals surface area contributed by atoms with Gasteiger partial charge < -0.3 is 4.74 Å². The van der Waals surface area contributed by atoms with Crippen molar-refractivity contribution in [3.8, 4) is 5.69 Å². The first-order chi connectivity index (χ1) is 10.7. The predicted molar refractivity (Wildman–Crippen MR) is 76.2 cm³/mol. The predicted octanol–water partition coefficient (Wildman–Crippen LogP) is 1.06. The van der Waals surface area contributed by atoms with E-state index in [0.717, 1.165) is 11.4 Å². The summed E-state index contributed by atoms with van der Waals surface area (Å²) in [6.45, 7) is 1.78. The van der Waals surface area contributed by atoms with Crippen molar-refractivity contribution < 1.29 is 9.53 Å². The zero-order valence-electron chi connectivity index (χ0n) is 12.2. The number of hydrogen-bond acceptors (Lipinski definition) is 6. The number of rotatable bonds is 4. The summed E-state index contributed by atoms with van der Waals surface area (Å²) in [5.41, 5.74) is 1.98. The Balaban J connectivity index is 1.74. The van der Waals surface area contributed by atoms with E-state index >= 15 is 0 Å². The number of tetrazole rings is 1. The topological polar surface area (TPSA) is 87.7 Å². The molecule has 0 amide bonds. The zero-order chi connectivity index (χ0) is 15.5. The number of nitrogens with zero attached hydrogens (tertiary/aromatic N) is 6. The molecule has 0 fully saturated rings. The van der Waals surface area contributed by atoms with E-state index in [1.54, 1.807) is 18.7 Å². The second-order valence-corrected chi connectivity index (χ2v) is 4.69. The van der Waals surface area contributed by atoms with Gasteiger partial charge in [-0.15, -0.1) is 5.10 Å². The lowest BCUT2D eigenvalue weighted by atomic mass is 10.3. The highest BCUT2D eigenvalue weighted by Crippen LogP contribution is 2.11. The van der Waals surface area contributed by atoms with E-state index in [-0.39, 0.29) is 6.61 Å². The molecule has 0 aliphatic carbocycles. The summed E-state index contributed by atoms with van der Waals surface area (Å²) < 4.78 is 8.42. The number of carbonyl (C=O) groups excluding carboxylic acids is 1. The standard InChI is InChI=1S/C14H14N6O2/c1-10-12(8-15-19(10)2)14(21)22-9-13-16-17-18-20(13)11-6-4-3-5-7-11/h3-8H,9H2,1-2H3. The molecule has 8 heteroatoms. The van der Waals surface area contributed by atoms with Crippen LogP contribution in [-0.2, 0) is 18.4 Å². The van der Waals surface area contributed by atoms with Crippen LogP contribution in [0.4, 0.5) is 0 Å². The van der Waals surface area contributed by atoms with Gasteiger partial charge in [0.05, 0.1) is 11.9 Å². The van der Waals surface area contributed by atoms with E-state index in [2.05, 4.69) is 20.6 Å². The number of aryl methyl sites for hydroxylation is 1.